The minimum Gasteiger partial charge on any atom is -0.497 e. The maximum Gasteiger partial charge on any atom is 0.243 e. The fourth-order valence-corrected chi connectivity index (χ4v) is 5.79. The van der Waals surface area contributed by atoms with E-state index in [9.17, 15) is 22.4 Å². The first-order valence-electron chi connectivity index (χ1n) is 13.1. The van der Waals surface area contributed by atoms with Gasteiger partial charge in [0.05, 0.1) is 19.1 Å². The summed E-state index contributed by atoms with van der Waals surface area (Å²) in [6, 6.07) is 12.0. The van der Waals surface area contributed by atoms with Gasteiger partial charge >= 0.3 is 0 Å². The number of anilines is 1. The van der Waals surface area contributed by atoms with Gasteiger partial charge in [-0.1, -0.05) is 31.9 Å². The zero-order valence-corrected chi connectivity index (χ0v) is 23.2. The third kappa shape index (κ3) is 8.18. The van der Waals surface area contributed by atoms with Crippen molar-refractivity contribution in [3.8, 4) is 5.75 Å². The molecule has 2 amide bonds. The van der Waals surface area contributed by atoms with Crippen molar-refractivity contribution in [2.24, 2.45) is 0 Å². The van der Waals surface area contributed by atoms with E-state index in [0.717, 1.165) is 41.8 Å². The molecule has 0 radical (unpaired) electrons. The van der Waals surface area contributed by atoms with Crippen LogP contribution < -0.4 is 14.4 Å². The molecule has 2 aromatic rings. The van der Waals surface area contributed by atoms with Gasteiger partial charge in [-0.3, -0.25) is 13.9 Å². The Morgan fingerprint density at radius 3 is 2.26 bits per heavy atom. The highest BCUT2D eigenvalue weighted by atomic mass is 32.2. The Bertz CT molecular complexity index is 1170. The number of nitrogens with one attached hydrogen (secondary N) is 1. The van der Waals surface area contributed by atoms with Crippen molar-refractivity contribution in [2.75, 3.05) is 24.2 Å². The zero-order chi connectivity index (χ0) is 27.7. The number of benzene rings is 2. The number of hydrogen-bond acceptors (Lipinski definition) is 5. The second-order valence-corrected chi connectivity index (χ2v) is 11.6. The van der Waals surface area contributed by atoms with E-state index >= 15 is 0 Å². The van der Waals surface area contributed by atoms with Crippen LogP contribution in [0.4, 0.5) is 10.1 Å². The van der Waals surface area contributed by atoms with E-state index in [1.165, 1.54) is 24.3 Å². The number of hydrogen-bond donors (Lipinski definition) is 1. The summed E-state index contributed by atoms with van der Waals surface area (Å²) in [5.74, 6) is -0.167. The summed E-state index contributed by atoms with van der Waals surface area (Å²) in [6.45, 7) is 2.18. The van der Waals surface area contributed by atoms with E-state index in [4.69, 9.17) is 4.74 Å². The molecule has 0 spiro atoms. The predicted octanol–water partition coefficient (Wildman–Crippen LogP) is 4.25. The highest BCUT2D eigenvalue weighted by Crippen LogP contribution is 2.22. The van der Waals surface area contributed by atoms with Gasteiger partial charge in [-0.05, 0) is 67.6 Å². The van der Waals surface area contributed by atoms with Crippen molar-refractivity contribution in [2.45, 2.75) is 70.5 Å². The predicted molar refractivity (Wildman–Crippen MR) is 146 cm³/mol. The molecule has 3 rings (SSSR count). The monoisotopic (exact) mass is 547 g/mol. The molecule has 1 N–H and O–H groups in total. The van der Waals surface area contributed by atoms with Crippen molar-refractivity contribution in [1.82, 2.24) is 10.2 Å². The Hall–Kier alpha value is -3.14. The number of halogens is 1. The summed E-state index contributed by atoms with van der Waals surface area (Å²) in [7, 11) is -2.06. The van der Waals surface area contributed by atoms with Gasteiger partial charge in [0.1, 0.15) is 17.6 Å². The maximum absolute atomic E-state index is 13.5. The van der Waals surface area contributed by atoms with Gasteiger partial charge in [-0.15, -0.1) is 0 Å². The van der Waals surface area contributed by atoms with Gasteiger partial charge in [-0.25, -0.2) is 12.8 Å². The topological polar surface area (TPSA) is 96.0 Å². The highest BCUT2D eigenvalue weighted by molar-refractivity contribution is 7.92. The minimum atomic E-state index is -3.64. The molecular formula is C28H38FN3O5S. The molecule has 8 nitrogen and oxygen atoms in total. The molecule has 10 heteroatoms. The molecule has 2 aromatic carbocycles. The van der Waals surface area contributed by atoms with E-state index in [2.05, 4.69) is 5.32 Å². The second kappa shape index (κ2) is 13.6. The molecule has 0 aliphatic heterocycles. The smallest absolute Gasteiger partial charge is 0.243 e. The van der Waals surface area contributed by atoms with Crippen LogP contribution in [0, 0.1) is 5.82 Å². The average molecular weight is 548 g/mol. The van der Waals surface area contributed by atoms with Crippen LogP contribution in [-0.4, -0.2) is 57.1 Å². The van der Waals surface area contributed by atoms with E-state index in [0.29, 0.717) is 17.9 Å². The molecule has 1 atom stereocenters. The third-order valence-electron chi connectivity index (χ3n) is 6.87. The van der Waals surface area contributed by atoms with Gasteiger partial charge in [0.2, 0.25) is 21.8 Å². The van der Waals surface area contributed by atoms with Crippen LogP contribution in [0.3, 0.4) is 0 Å². The Morgan fingerprint density at radius 2 is 1.71 bits per heavy atom. The van der Waals surface area contributed by atoms with Crippen LogP contribution in [0.2, 0.25) is 0 Å². The summed E-state index contributed by atoms with van der Waals surface area (Å²) in [5.41, 5.74) is 1.19. The normalized spacial score (nSPS) is 14.6. The quantitative estimate of drug-likeness (QED) is 0.405. The van der Waals surface area contributed by atoms with Crippen molar-refractivity contribution < 1.29 is 27.1 Å². The Kier molecular flexibility index (Phi) is 10.5. The largest absolute Gasteiger partial charge is 0.497 e. The van der Waals surface area contributed by atoms with Crippen molar-refractivity contribution in [1.29, 1.82) is 0 Å². The van der Waals surface area contributed by atoms with Crippen LogP contribution in [0.5, 0.6) is 5.75 Å². The number of carbonyl (C=O) groups excluding carboxylic acids is 2. The Balaban J connectivity index is 1.75. The number of sulfonamides is 1. The lowest BCUT2D eigenvalue weighted by molar-refractivity contribution is -0.141. The van der Waals surface area contributed by atoms with Crippen LogP contribution in [0.1, 0.15) is 57.4 Å². The molecule has 0 bridgehead atoms. The molecule has 0 unspecified atom stereocenters. The van der Waals surface area contributed by atoms with Gasteiger partial charge < -0.3 is 15.0 Å². The molecular weight excluding hydrogens is 509 g/mol. The van der Waals surface area contributed by atoms with Crippen LogP contribution in [0.15, 0.2) is 48.5 Å². The summed E-state index contributed by atoms with van der Waals surface area (Å²) >= 11 is 0. The Morgan fingerprint density at radius 1 is 1.08 bits per heavy atom. The molecule has 0 aromatic heterocycles. The maximum atomic E-state index is 13.5. The van der Waals surface area contributed by atoms with E-state index in [1.807, 2.05) is 31.2 Å². The average Bonchev–Trinajstić information content (AvgIpc) is 3.40. The van der Waals surface area contributed by atoms with Crippen molar-refractivity contribution in [3.05, 3.63) is 59.9 Å². The standard InChI is InChI=1S/C28H38FN3O5S/c1-4-26(28(34)30-23-8-5-6-9-23)31(20-21-11-17-25(37-2)18-12-21)27(33)10-7-19-32(38(3,35)36)24-15-13-22(29)14-16-24/h11-18,23,26H,4-10,19-20H2,1-3H3,(H,30,34)/t26-/m0/s1. The number of nitrogens with zero attached hydrogens (tertiary/aromatic N) is 2. The van der Waals surface area contributed by atoms with Gasteiger partial charge in [0, 0.05) is 25.6 Å². The molecule has 208 valence electrons. The first kappa shape index (κ1) is 29.4. The molecule has 1 aliphatic carbocycles. The molecule has 1 aliphatic rings. The summed E-state index contributed by atoms with van der Waals surface area (Å²) in [6.07, 6.45) is 5.88. The van der Waals surface area contributed by atoms with Gasteiger partial charge in [0.25, 0.3) is 0 Å². The minimum absolute atomic E-state index is 0.0522. The van der Waals surface area contributed by atoms with Crippen LogP contribution in [-0.2, 0) is 26.2 Å². The number of carbonyl (C=O) groups is 2. The second-order valence-electron chi connectivity index (χ2n) is 9.70. The molecule has 0 heterocycles. The SMILES string of the molecule is CC[C@@H](C(=O)NC1CCCC1)N(Cc1ccc(OC)cc1)C(=O)CCCN(c1ccc(F)cc1)S(C)(=O)=O. The molecule has 1 saturated carbocycles. The number of amides is 2. The number of methoxy groups -OCH3 is 1. The third-order valence-corrected chi connectivity index (χ3v) is 8.06. The lowest BCUT2D eigenvalue weighted by Gasteiger charge is -2.32. The van der Waals surface area contributed by atoms with Gasteiger partial charge in [0.15, 0.2) is 0 Å². The van der Waals surface area contributed by atoms with Crippen molar-refractivity contribution in [3.63, 3.8) is 0 Å². The summed E-state index contributed by atoms with van der Waals surface area (Å²) in [5, 5.41) is 3.12. The number of ether oxygens (including phenoxy) is 1. The first-order chi connectivity index (χ1) is 18.1. The molecule has 1 fully saturated rings. The van der Waals surface area contributed by atoms with E-state index in [-0.39, 0.29) is 43.8 Å². The lowest BCUT2D eigenvalue weighted by atomic mass is 10.1. The Labute approximate surface area is 225 Å². The van der Waals surface area contributed by atoms with Crippen LogP contribution in [0.25, 0.3) is 0 Å². The van der Waals surface area contributed by atoms with Crippen LogP contribution >= 0.6 is 0 Å². The van der Waals surface area contributed by atoms with E-state index in [1.54, 1.807) is 12.0 Å². The lowest BCUT2D eigenvalue weighted by Crippen LogP contribution is -2.51. The number of rotatable bonds is 13. The zero-order valence-electron chi connectivity index (χ0n) is 22.4. The molecule has 0 saturated heterocycles. The van der Waals surface area contributed by atoms with E-state index < -0.39 is 21.9 Å². The van der Waals surface area contributed by atoms with Crippen molar-refractivity contribution >= 4 is 27.5 Å². The first-order valence-corrected chi connectivity index (χ1v) is 14.9. The fourth-order valence-electron chi connectivity index (χ4n) is 4.83. The fraction of sp³-hybridized carbons (Fsp3) is 0.500. The van der Waals surface area contributed by atoms with Gasteiger partial charge in [-0.2, -0.15) is 0 Å². The highest BCUT2D eigenvalue weighted by Gasteiger charge is 2.30. The summed E-state index contributed by atoms with van der Waals surface area (Å²) in [4.78, 5) is 28.4. The summed E-state index contributed by atoms with van der Waals surface area (Å²) < 4.78 is 44.6. The molecule has 38 heavy (non-hydrogen) atoms.